The maximum Gasteiger partial charge on any atom is 0.262 e. The van der Waals surface area contributed by atoms with E-state index >= 15 is 0 Å². The smallest absolute Gasteiger partial charge is 0.262 e. The molecule has 5 nitrogen and oxygen atoms in total. The Balaban J connectivity index is 1.68. The SMILES string of the molecule is Cc1ccc(Cn2c(SCc3ccc(C(N)=O)cc3)nc3ccccc3c2=O)cc1. The summed E-state index contributed by atoms with van der Waals surface area (Å²) in [7, 11) is 0. The average molecular weight is 416 g/mol. The van der Waals surface area contributed by atoms with Crippen molar-refractivity contribution in [2.24, 2.45) is 5.73 Å². The molecule has 0 fully saturated rings. The summed E-state index contributed by atoms with van der Waals surface area (Å²) in [5.74, 6) is 0.176. The molecule has 4 aromatic rings. The number of aryl methyl sites for hydroxylation is 1. The molecule has 0 spiro atoms. The summed E-state index contributed by atoms with van der Waals surface area (Å²) in [5, 5.41) is 1.28. The molecule has 0 aliphatic rings. The van der Waals surface area contributed by atoms with Crippen molar-refractivity contribution in [1.82, 2.24) is 9.55 Å². The van der Waals surface area contributed by atoms with Crippen molar-refractivity contribution >= 4 is 28.6 Å². The number of para-hydroxylation sites is 1. The van der Waals surface area contributed by atoms with Gasteiger partial charge < -0.3 is 5.73 Å². The molecule has 1 amide bonds. The molecule has 0 saturated carbocycles. The second-order valence-electron chi connectivity index (χ2n) is 7.14. The molecule has 0 radical (unpaired) electrons. The maximum absolute atomic E-state index is 13.2. The third-order valence-corrected chi connectivity index (χ3v) is 5.94. The molecule has 0 aliphatic heterocycles. The number of thioether (sulfide) groups is 1. The van der Waals surface area contributed by atoms with Gasteiger partial charge in [-0.05, 0) is 42.3 Å². The van der Waals surface area contributed by atoms with E-state index in [9.17, 15) is 9.59 Å². The van der Waals surface area contributed by atoms with Crippen LogP contribution in [0.3, 0.4) is 0 Å². The van der Waals surface area contributed by atoms with E-state index in [0.29, 0.717) is 33.9 Å². The third kappa shape index (κ3) is 4.28. The molecule has 0 atom stereocenters. The Morgan fingerprint density at radius 1 is 0.967 bits per heavy atom. The topological polar surface area (TPSA) is 78.0 Å². The minimum atomic E-state index is -0.447. The number of fused-ring (bicyclic) bond motifs is 1. The summed E-state index contributed by atoms with van der Waals surface area (Å²) >= 11 is 1.50. The number of hydrogen-bond acceptors (Lipinski definition) is 4. The van der Waals surface area contributed by atoms with E-state index < -0.39 is 5.91 Å². The van der Waals surface area contributed by atoms with Crippen LogP contribution in [-0.2, 0) is 12.3 Å². The molecule has 1 heterocycles. The highest BCUT2D eigenvalue weighted by Gasteiger charge is 2.12. The molecule has 2 N–H and O–H groups in total. The molecule has 30 heavy (non-hydrogen) atoms. The summed E-state index contributed by atoms with van der Waals surface area (Å²) in [6.45, 7) is 2.50. The van der Waals surface area contributed by atoms with Gasteiger partial charge in [-0.15, -0.1) is 0 Å². The number of nitrogens with two attached hydrogens (primary N) is 1. The fourth-order valence-corrected chi connectivity index (χ4v) is 4.14. The second-order valence-corrected chi connectivity index (χ2v) is 8.08. The molecule has 0 bridgehead atoms. The molecule has 0 aliphatic carbocycles. The normalized spacial score (nSPS) is 11.0. The van der Waals surface area contributed by atoms with Crippen LogP contribution in [0.5, 0.6) is 0 Å². The predicted molar refractivity (Wildman–Crippen MR) is 121 cm³/mol. The van der Waals surface area contributed by atoms with Crippen molar-refractivity contribution in [1.29, 1.82) is 0 Å². The van der Waals surface area contributed by atoms with Crippen LogP contribution in [0.2, 0.25) is 0 Å². The highest BCUT2D eigenvalue weighted by atomic mass is 32.2. The van der Waals surface area contributed by atoms with E-state index in [0.717, 1.165) is 11.1 Å². The van der Waals surface area contributed by atoms with Crippen molar-refractivity contribution in [2.45, 2.75) is 24.4 Å². The van der Waals surface area contributed by atoms with Gasteiger partial charge in [-0.1, -0.05) is 65.9 Å². The number of benzene rings is 3. The van der Waals surface area contributed by atoms with Crippen LogP contribution < -0.4 is 11.3 Å². The number of aromatic nitrogens is 2. The number of primary amides is 1. The van der Waals surface area contributed by atoms with Gasteiger partial charge in [-0.3, -0.25) is 14.2 Å². The minimum Gasteiger partial charge on any atom is -0.366 e. The van der Waals surface area contributed by atoms with Crippen LogP contribution in [0.4, 0.5) is 0 Å². The number of nitrogens with zero attached hydrogens (tertiary/aromatic N) is 2. The van der Waals surface area contributed by atoms with Crippen molar-refractivity contribution in [2.75, 3.05) is 0 Å². The van der Waals surface area contributed by atoms with Crippen molar-refractivity contribution in [3.8, 4) is 0 Å². The van der Waals surface area contributed by atoms with Crippen molar-refractivity contribution < 1.29 is 4.79 Å². The first-order valence-electron chi connectivity index (χ1n) is 9.58. The molecule has 150 valence electrons. The number of amides is 1. The van der Waals surface area contributed by atoms with E-state index in [1.54, 1.807) is 16.7 Å². The van der Waals surface area contributed by atoms with Crippen molar-refractivity contribution in [3.63, 3.8) is 0 Å². The average Bonchev–Trinajstić information content (AvgIpc) is 2.76. The lowest BCUT2D eigenvalue weighted by Crippen LogP contribution is -2.24. The summed E-state index contributed by atoms with van der Waals surface area (Å²) < 4.78 is 1.73. The quantitative estimate of drug-likeness (QED) is 0.379. The first kappa shape index (κ1) is 19.9. The number of hydrogen-bond donors (Lipinski definition) is 1. The Hall–Kier alpha value is -3.38. The molecule has 1 aromatic heterocycles. The second kappa shape index (κ2) is 8.55. The van der Waals surface area contributed by atoms with Crippen LogP contribution >= 0.6 is 11.8 Å². The molecule has 3 aromatic carbocycles. The monoisotopic (exact) mass is 415 g/mol. The Bertz CT molecular complexity index is 1260. The van der Waals surface area contributed by atoms with Crippen LogP contribution in [0.25, 0.3) is 10.9 Å². The number of carbonyl (C=O) groups is 1. The zero-order chi connectivity index (χ0) is 21.1. The lowest BCUT2D eigenvalue weighted by Gasteiger charge is -2.13. The van der Waals surface area contributed by atoms with Crippen molar-refractivity contribution in [3.05, 3.63) is 105 Å². The van der Waals surface area contributed by atoms with Crippen LogP contribution in [0, 0.1) is 6.92 Å². The van der Waals surface area contributed by atoms with Gasteiger partial charge >= 0.3 is 0 Å². The van der Waals surface area contributed by atoms with Gasteiger partial charge in [0.15, 0.2) is 5.16 Å². The van der Waals surface area contributed by atoms with E-state index in [4.69, 9.17) is 10.7 Å². The Morgan fingerprint density at radius 3 is 2.33 bits per heavy atom. The fourth-order valence-electron chi connectivity index (χ4n) is 3.19. The minimum absolute atomic E-state index is 0.0484. The van der Waals surface area contributed by atoms with Crippen LogP contribution in [0.1, 0.15) is 27.0 Å². The zero-order valence-corrected chi connectivity index (χ0v) is 17.4. The number of rotatable bonds is 6. The summed E-state index contributed by atoms with van der Waals surface area (Å²) in [6, 6.07) is 22.7. The molecular weight excluding hydrogens is 394 g/mol. The van der Waals surface area contributed by atoms with Gasteiger partial charge in [0.1, 0.15) is 0 Å². The largest absolute Gasteiger partial charge is 0.366 e. The lowest BCUT2D eigenvalue weighted by atomic mass is 10.1. The van der Waals surface area contributed by atoms with Gasteiger partial charge in [0.2, 0.25) is 5.91 Å². The fraction of sp³-hybridized carbons (Fsp3) is 0.125. The molecular formula is C24H21N3O2S. The first-order chi connectivity index (χ1) is 14.5. The van der Waals surface area contributed by atoms with Crippen LogP contribution in [0.15, 0.2) is 82.7 Å². The molecule has 6 heteroatoms. The zero-order valence-electron chi connectivity index (χ0n) is 16.5. The predicted octanol–water partition coefficient (Wildman–Crippen LogP) is 4.14. The third-order valence-electron chi connectivity index (χ3n) is 4.89. The van der Waals surface area contributed by atoms with Gasteiger partial charge in [0, 0.05) is 11.3 Å². The molecule has 0 unspecified atom stereocenters. The van der Waals surface area contributed by atoms with E-state index in [1.165, 1.54) is 17.3 Å². The highest BCUT2D eigenvalue weighted by Crippen LogP contribution is 2.23. The Morgan fingerprint density at radius 2 is 1.63 bits per heavy atom. The number of carbonyl (C=O) groups excluding carboxylic acids is 1. The summed E-state index contributed by atoms with van der Waals surface area (Å²) in [6.07, 6.45) is 0. The Labute approximate surface area is 178 Å². The summed E-state index contributed by atoms with van der Waals surface area (Å²) in [5.41, 5.74) is 9.67. The highest BCUT2D eigenvalue weighted by molar-refractivity contribution is 7.98. The maximum atomic E-state index is 13.2. The van der Waals surface area contributed by atoms with Gasteiger partial charge in [-0.2, -0.15) is 0 Å². The Kier molecular flexibility index (Phi) is 5.68. The van der Waals surface area contributed by atoms with Gasteiger partial charge in [0.05, 0.1) is 17.4 Å². The van der Waals surface area contributed by atoms with Gasteiger partial charge in [0.25, 0.3) is 5.56 Å². The lowest BCUT2D eigenvalue weighted by molar-refractivity contribution is 0.100. The van der Waals surface area contributed by atoms with E-state index in [-0.39, 0.29) is 5.56 Å². The van der Waals surface area contributed by atoms with E-state index in [1.807, 2.05) is 67.6 Å². The molecule has 0 saturated heterocycles. The van der Waals surface area contributed by atoms with E-state index in [2.05, 4.69) is 0 Å². The summed E-state index contributed by atoms with van der Waals surface area (Å²) in [4.78, 5) is 29.2. The standard InChI is InChI=1S/C24H21N3O2S/c1-16-6-8-17(9-7-16)14-27-23(29)20-4-2-3-5-21(20)26-24(27)30-15-18-10-12-19(13-11-18)22(25)28/h2-13H,14-15H2,1H3,(H2,25,28). The molecule has 4 rings (SSSR count). The van der Waals surface area contributed by atoms with Crippen LogP contribution in [-0.4, -0.2) is 15.5 Å². The first-order valence-corrected chi connectivity index (χ1v) is 10.6. The van der Waals surface area contributed by atoms with Gasteiger partial charge in [-0.25, -0.2) is 4.98 Å².